The normalized spacial score (nSPS) is 17.2. The highest BCUT2D eigenvalue weighted by Crippen LogP contribution is 2.16. The van der Waals surface area contributed by atoms with Gasteiger partial charge in [0.1, 0.15) is 0 Å². The van der Waals surface area contributed by atoms with E-state index in [2.05, 4.69) is 5.32 Å². The molecule has 0 saturated carbocycles. The molecular weight excluding hydrogens is 374 g/mol. The lowest BCUT2D eigenvalue weighted by Gasteiger charge is -2.31. The Morgan fingerprint density at radius 2 is 1.68 bits per heavy atom. The van der Waals surface area contributed by atoms with Gasteiger partial charge in [0.05, 0.1) is 37.1 Å². The summed E-state index contributed by atoms with van der Waals surface area (Å²) in [6.45, 7) is 6.35. The second-order valence-electron chi connectivity index (χ2n) is 7.34. The number of rotatable bonds is 6. The topological polar surface area (TPSA) is 70.9 Å². The lowest BCUT2D eigenvalue weighted by atomic mass is 10.1. The summed E-state index contributed by atoms with van der Waals surface area (Å²) >= 11 is 0. The third kappa shape index (κ3) is 4.98. The molecule has 1 heterocycles. The van der Waals surface area contributed by atoms with Gasteiger partial charge in [-0.3, -0.25) is 4.79 Å². The van der Waals surface area contributed by atoms with Crippen molar-refractivity contribution in [3.8, 4) is 0 Å². The van der Waals surface area contributed by atoms with Gasteiger partial charge >= 0.3 is 0 Å². The first-order valence-corrected chi connectivity index (χ1v) is 11.0. The molecule has 0 aromatic heterocycles. The number of quaternary nitrogens is 1. The number of benzene rings is 2. The number of hydrogen-bond acceptors (Lipinski definition) is 3. The van der Waals surface area contributed by atoms with Crippen LogP contribution in [-0.4, -0.2) is 51.4 Å². The summed E-state index contributed by atoms with van der Waals surface area (Å²) in [7, 11) is -3.47. The van der Waals surface area contributed by atoms with Gasteiger partial charge in [0.15, 0.2) is 6.54 Å². The monoisotopic (exact) mass is 402 g/mol. The molecule has 1 aliphatic heterocycles. The van der Waals surface area contributed by atoms with Crippen molar-refractivity contribution in [3.05, 3.63) is 65.7 Å². The Labute approximate surface area is 167 Å². The number of carbonyl (C=O) groups is 1. The van der Waals surface area contributed by atoms with Crippen molar-refractivity contribution >= 4 is 15.9 Å². The van der Waals surface area contributed by atoms with E-state index in [1.54, 1.807) is 12.1 Å². The van der Waals surface area contributed by atoms with Crippen LogP contribution in [0.4, 0.5) is 0 Å². The van der Waals surface area contributed by atoms with Gasteiger partial charge in [-0.25, -0.2) is 8.42 Å². The summed E-state index contributed by atoms with van der Waals surface area (Å²) in [6.07, 6.45) is 0. The molecule has 1 amide bonds. The average Bonchev–Trinajstić information content (AvgIpc) is 2.69. The molecule has 1 aliphatic rings. The molecule has 0 spiro atoms. The van der Waals surface area contributed by atoms with E-state index in [1.165, 1.54) is 4.31 Å². The van der Waals surface area contributed by atoms with Gasteiger partial charge in [0, 0.05) is 0 Å². The molecule has 1 fully saturated rings. The summed E-state index contributed by atoms with van der Waals surface area (Å²) in [5.74, 6) is -0.0128. The zero-order chi connectivity index (χ0) is 20.1. The van der Waals surface area contributed by atoms with Crippen LogP contribution in [0.5, 0.6) is 0 Å². The fraction of sp³-hybridized carbons (Fsp3) is 0.381. The predicted octanol–water partition coefficient (Wildman–Crippen LogP) is 0.762. The van der Waals surface area contributed by atoms with Crippen molar-refractivity contribution < 1.29 is 18.1 Å². The summed E-state index contributed by atoms with van der Waals surface area (Å²) in [4.78, 5) is 13.8. The van der Waals surface area contributed by atoms with E-state index in [1.807, 2.05) is 56.3 Å². The number of hydrogen-bond donors (Lipinski definition) is 2. The summed E-state index contributed by atoms with van der Waals surface area (Å²) in [5.41, 5.74) is 2.10. The Bertz CT molecular complexity index is 890. The zero-order valence-electron chi connectivity index (χ0n) is 16.4. The molecule has 2 N–H and O–H groups in total. The number of piperazine rings is 1. The lowest BCUT2D eigenvalue weighted by Crippen LogP contribution is -3.15. The maximum Gasteiger partial charge on any atom is 0.275 e. The number of nitrogens with one attached hydrogen (secondary N) is 2. The highest BCUT2D eigenvalue weighted by atomic mass is 32.2. The Hall–Kier alpha value is -2.22. The third-order valence-electron chi connectivity index (χ3n) is 5.18. The summed E-state index contributed by atoms with van der Waals surface area (Å²) < 4.78 is 27.1. The smallest absolute Gasteiger partial charge is 0.275 e. The summed E-state index contributed by atoms with van der Waals surface area (Å²) in [6, 6.07) is 16.7. The second-order valence-corrected chi connectivity index (χ2v) is 9.28. The molecule has 28 heavy (non-hydrogen) atoms. The van der Waals surface area contributed by atoms with E-state index in [0.717, 1.165) is 16.0 Å². The number of amides is 1. The molecule has 0 unspecified atom stereocenters. The molecule has 2 aromatic carbocycles. The largest absolute Gasteiger partial charge is 0.345 e. The van der Waals surface area contributed by atoms with Gasteiger partial charge in [-0.2, -0.15) is 4.31 Å². The molecule has 1 atom stereocenters. The Balaban J connectivity index is 1.51. The van der Waals surface area contributed by atoms with Crippen LogP contribution >= 0.6 is 0 Å². The standard InChI is InChI=1S/C21H27N3O3S/c1-17-8-10-20(11-9-17)28(26,27)24-14-12-23(13-15-24)16-21(25)22-18(2)19-6-4-3-5-7-19/h3-11,18H,12-16H2,1-2H3,(H,22,25)/p+1/t18-/m1/s1. The molecule has 6 nitrogen and oxygen atoms in total. The Morgan fingerprint density at radius 1 is 1.07 bits per heavy atom. The predicted molar refractivity (Wildman–Crippen MR) is 109 cm³/mol. The van der Waals surface area contributed by atoms with Crippen LogP contribution in [0.1, 0.15) is 24.1 Å². The molecule has 0 radical (unpaired) electrons. The van der Waals surface area contributed by atoms with Gasteiger partial charge in [0.25, 0.3) is 5.91 Å². The van der Waals surface area contributed by atoms with Gasteiger partial charge in [-0.1, -0.05) is 48.0 Å². The third-order valence-corrected chi connectivity index (χ3v) is 7.09. The van der Waals surface area contributed by atoms with Gasteiger partial charge in [-0.05, 0) is 31.5 Å². The fourth-order valence-corrected chi connectivity index (χ4v) is 4.86. The zero-order valence-corrected chi connectivity index (χ0v) is 17.2. The second kappa shape index (κ2) is 8.86. The molecule has 7 heteroatoms. The molecule has 1 saturated heterocycles. The number of carbonyl (C=O) groups excluding carboxylic acids is 1. The SMILES string of the molecule is Cc1ccc(S(=O)(=O)N2CC[NH+](CC(=O)N[C@H](C)c3ccccc3)CC2)cc1. The maximum atomic E-state index is 12.8. The first kappa shape index (κ1) is 20.5. The lowest BCUT2D eigenvalue weighted by molar-refractivity contribution is -0.895. The minimum atomic E-state index is -3.47. The van der Waals surface area contributed by atoms with Crippen LogP contribution in [0.3, 0.4) is 0 Å². The molecule has 2 aromatic rings. The number of nitrogens with zero attached hydrogens (tertiary/aromatic N) is 1. The van der Waals surface area contributed by atoms with Crippen LogP contribution in [-0.2, 0) is 14.8 Å². The van der Waals surface area contributed by atoms with Crippen LogP contribution in [0.25, 0.3) is 0 Å². The van der Waals surface area contributed by atoms with E-state index in [-0.39, 0.29) is 11.9 Å². The molecule has 150 valence electrons. The van der Waals surface area contributed by atoms with Crippen LogP contribution in [0.2, 0.25) is 0 Å². The van der Waals surface area contributed by atoms with Crippen LogP contribution in [0.15, 0.2) is 59.5 Å². The van der Waals surface area contributed by atoms with Crippen molar-refractivity contribution in [2.24, 2.45) is 0 Å². The van der Waals surface area contributed by atoms with Crippen molar-refractivity contribution in [1.82, 2.24) is 9.62 Å². The van der Waals surface area contributed by atoms with Crippen molar-refractivity contribution in [2.75, 3.05) is 32.7 Å². The van der Waals surface area contributed by atoms with Crippen molar-refractivity contribution in [2.45, 2.75) is 24.8 Å². The maximum absolute atomic E-state index is 12.8. The van der Waals surface area contributed by atoms with Crippen LogP contribution < -0.4 is 10.2 Å². The van der Waals surface area contributed by atoms with Crippen molar-refractivity contribution in [1.29, 1.82) is 0 Å². The fourth-order valence-electron chi connectivity index (χ4n) is 3.42. The molecule has 3 rings (SSSR count). The highest BCUT2D eigenvalue weighted by molar-refractivity contribution is 7.89. The minimum absolute atomic E-state index is 0.0128. The summed E-state index contributed by atoms with van der Waals surface area (Å²) in [5, 5.41) is 3.02. The quantitative estimate of drug-likeness (QED) is 0.750. The first-order chi connectivity index (χ1) is 13.4. The van der Waals surface area contributed by atoms with E-state index in [9.17, 15) is 13.2 Å². The highest BCUT2D eigenvalue weighted by Gasteiger charge is 2.31. The average molecular weight is 403 g/mol. The Morgan fingerprint density at radius 3 is 2.29 bits per heavy atom. The Kier molecular flexibility index (Phi) is 6.49. The van der Waals surface area contributed by atoms with E-state index in [4.69, 9.17) is 0 Å². The van der Waals surface area contributed by atoms with Gasteiger partial charge in [-0.15, -0.1) is 0 Å². The molecular formula is C21H28N3O3S+. The van der Waals surface area contributed by atoms with E-state index >= 15 is 0 Å². The van der Waals surface area contributed by atoms with E-state index in [0.29, 0.717) is 37.6 Å². The van der Waals surface area contributed by atoms with Gasteiger partial charge < -0.3 is 10.2 Å². The van der Waals surface area contributed by atoms with Crippen LogP contribution in [0, 0.1) is 6.92 Å². The van der Waals surface area contributed by atoms with E-state index < -0.39 is 10.0 Å². The molecule has 0 bridgehead atoms. The first-order valence-electron chi connectivity index (χ1n) is 9.61. The number of aryl methyl sites for hydroxylation is 1. The van der Waals surface area contributed by atoms with Crippen molar-refractivity contribution in [3.63, 3.8) is 0 Å². The molecule has 0 aliphatic carbocycles. The number of sulfonamides is 1. The van der Waals surface area contributed by atoms with Gasteiger partial charge in [0.2, 0.25) is 10.0 Å². The minimum Gasteiger partial charge on any atom is -0.345 e.